The molecule has 1 aliphatic rings. The summed E-state index contributed by atoms with van der Waals surface area (Å²) in [6, 6.07) is 15.8. The highest BCUT2D eigenvalue weighted by Gasteiger charge is 2.19. The van der Waals surface area contributed by atoms with Crippen LogP contribution in [-0.4, -0.2) is 28.7 Å². The Labute approximate surface area is 157 Å². The van der Waals surface area contributed by atoms with Gasteiger partial charge in [0, 0.05) is 12.4 Å². The molecule has 1 N–H and O–H groups in total. The standard InChI is InChI=1S/C21H21N3O3/c25-21(14-24-9-8-22-15-24)23-18(12-16-4-2-1-3-5-16)17-6-7-19-20(13-17)27-11-10-26-19/h1-9,13,15,18H,10-12,14H2,(H,23,25). The second-order valence-electron chi connectivity index (χ2n) is 6.45. The second-order valence-corrected chi connectivity index (χ2v) is 6.45. The van der Waals surface area contributed by atoms with Crippen molar-refractivity contribution in [3.05, 3.63) is 78.4 Å². The van der Waals surface area contributed by atoms with Crippen LogP contribution in [0.15, 0.2) is 67.3 Å². The highest BCUT2D eigenvalue weighted by molar-refractivity contribution is 5.76. The molecule has 0 spiro atoms. The van der Waals surface area contributed by atoms with E-state index in [1.54, 1.807) is 23.3 Å². The second kappa shape index (κ2) is 7.95. The number of nitrogens with one attached hydrogen (secondary N) is 1. The molecule has 2 aromatic carbocycles. The molecule has 0 saturated heterocycles. The molecular formula is C21H21N3O3. The minimum atomic E-state index is -0.167. The number of hydrogen-bond donors (Lipinski definition) is 1. The molecule has 3 aromatic rings. The fourth-order valence-corrected chi connectivity index (χ4v) is 3.16. The smallest absolute Gasteiger partial charge is 0.240 e. The molecule has 2 heterocycles. The molecule has 0 radical (unpaired) electrons. The Kier molecular flexibility index (Phi) is 5.05. The van der Waals surface area contributed by atoms with Crippen molar-refractivity contribution in [2.75, 3.05) is 13.2 Å². The van der Waals surface area contributed by atoms with Gasteiger partial charge >= 0.3 is 0 Å². The number of fused-ring (bicyclic) bond motifs is 1. The summed E-state index contributed by atoms with van der Waals surface area (Å²) in [5.41, 5.74) is 2.14. The molecule has 6 nitrogen and oxygen atoms in total. The molecule has 0 fully saturated rings. The largest absolute Gasteiger partial charge is 0.486 e. The number of carbonyl (C=O) groups is 1. The van der Waals surface area contributed by atoms with Crippen LogP contribution in [-0.2, 0) is 17.8 Å². The van der Waals surface area contributed by atoms with Crippen molar-refractivity contribution in [1.82, 2.24) is 14.9 Å². The van der Waals surface area contributed by atoms with Crippen LogP contribution in [0.2, 0.25) is 0 Å². The van der Waals surface area contributed by atoms with E-state index in [0.29, 0.717) is 19.6 Å². The summed E-state index contributed by atoms with van der Waals surface area (Å²) in [6.45, 7) is 1.32. The maximum atomic E-state index is 12.6. The topological polar surface area (TPSA) is 65.4 Å². The summed E-state index contributed by atoms with van der Waals surface area (Å²) in [4.78, 5) is 16.5. The van der Waals surface area contributed by atoms with Gasteiger partial charge < -0.3 is 19.4 Å². The predicted molar refractivity (Wildman–Crippen MR) is 101 cm³/mol. The molecule has 0 aliphatic carbocycles. The molecule has 1 unspecified atom stereocenters. The first-order valence-electron chi connectivity index (χ1n) is 8.96. The number of amides is 1. The van der Waals surface area contributed by atoms with Gasteiger partial charge in [-0.3, -0.25) is 4.79 Å². The number of nitrogens with zero attached hydrogens (tertiary/aromatic N) is 2. The lowest BCUT2D eigenvalue weighted by Crippen LogP contribution is -2.32. The highest BCUT2D eigenvalue weighted by Crippen LogP contribution is 2.33. The first kappa shape index (κ1) is 17.1. The quantitative estimate of drug-likeness (QED) is 0.731. The van der Waals surface area contributed by atoms with Crippen molar-refractivity contribution >= 4 is 5.91 Å². The van der Waals surface area contributed by atoms with Crippen molar-refractivity contribution in [3.8, 4) is 11.5 Å². The molecule has 0 saturated carbocycles. The fourth-order valence-electron chi connectivity index (χ4n) is 3.16. The molecule has 1 aromatic heterocycles. The van der Waals surface area contributed by atoms with Crippen LogP contribution < -0.4 is 14.8 Å². The molecule has 0 bridgehead atoms. The number of ether oxygens (including phenoxy) is 2. The number of aromatic nitrogens is 2. The van der Waals surface area contributed by atoms with Gasteiger partial charge in [0.25, 0.3) is 0 Å². The number of carbonyl (C=O) groups excluding carboxylic acids is 1. The van der Waals surface area contributed by atoms with Gasteiger partial charge in [-0.15, -0.1) is 0 Å². The van der Waals surface area contributed by atoms with E-state index in [2.05, 4.69) is 22.4 Å². The number of imidazole rings is 1. The normalized spacial score (nSPS) is 13.8. The Morgan fingerprint density at radius 1 is 1.11 bits per heavy atom. The molecule has 27 heavy (non-hydrogen) atoms. The molecule has 1 aliphatic heterocycles. The van der Waals surface area contributed by atoms with Crippen LogP contribution in [0.4, 0.5) is 0 Å². The minimum absolute atomic E-state index is 0.0659. The van der Waals surface area contributed by atoms with Crippen LogP contribution in [0.3, 0.4) is 0 Å². The first-order valence-corrected chi connectivity index (χ1v) is 8.96. The molecule has 138 valence electrons. The van der Waals surface area contributed by atoms with Gasteiger partial charge in [-0.1, -0.05) is 36.4 Å². The van der Waals surface area contributed by atoms with E-state index >= 15 is 0 Å². The average molecular weight is 363 g/mol. The van der Waals surface area contributed by atoms with Crippen molar-refractivity contribution in [2.45, 2.75) is 19.0 Å². The summed E-state index contributed by atoms with van der Waals surface area (Å²) < 4.78 is 13.1. The fraction of sp³-hybridized carbons (Fsp3) is 0.238. The zero-order valence-corrected chi connectivity index (χ0v) is 14.9. The third-order valence-electron chi connectivity index (χ3n) is 4.47. The van der Waals surface area contributed by atoms with Crippen molar-refractivity contribution in [2.24, 2.45) is 0 Å². The summed E-state index contributed by atoms with van der Waals surface area (Å²) in [7, 11) is 0. The molecule has 6 heteroatoms. The average Bonchev–Trinajstić information content (AvgIpc) is 3.21. The lowest BCUT2D eigenvalue weighted by molar-refractivity contribution is -0.122. The molecule has 1 atom stereocenters. The van der Waals surface area contributed by atoms with E-state index in [4.69, 9.17) is 9.47 Å². The van der Waals surface area contributed by atoms with Crippen LogP contribution >= 0.6 is 0 Å². The van der Waals surface area contributed by atoms with E-state index in [-0.39, 0.29) is 18.5 Å². The Bertz CT molecular complexity index is 894. The van der Waals surface area contributed by atoms with E-state index < -0.39 is 0 Å². The zero-order chi connectivity index (χ0) is 18.5. The molecule has 1 amide bonds. The van der Waals surface area contributed by atoms with Gasteiger partial charge in [-0.25, -0.2) is 4.98 Å². The first-order chi connectivity index (χ1) is 13.3. The monoisotopic (exact) mass is 363 g/mol. The number of benzene rings is 2. The van der Waals surface area contributed by atoms with E-state index in [1.165, 1.54) is 0 Å². The van der Waals surface area contributed by atoms with Crippen LogP contribution in [0.5, 0.6) is 11.5 Å². The van der Waals surface area contributed by atoms with Crippen LogP contribution in [0, 0.1) is 0 Å². The van der Waals surface area contributed by atoms with Gasteiger partial charge in [0.05, 0.1) is 12.4 Å². The summed E-state index contributed by atoms with van der Waals surface area (Å²) in [6.07, 6.45) is 5.76. The summed E-state index contributed by atoms with van der Waals surface area (Å²) in [5.74, 6) is 1.40. The van der Waals surface area contributed by atoms with Crippen LogP contribution in [0.1, 0.15) is 17.2 Å². The third kappa shape index (κ3) is 4.28. The van der Waals surface area contributed by atoms with Gasteiger partial charge in [-0.05, 0) is 29.7 Å². The molecule has 4 rings (SSSR count). The predicted octanol–water partition coefficient (Wildman–Crippen LogP) is 2.75. The SMILES string of the molecule is O=C(Cn1ccnc1)NC(Cc1ccccc1)c1ccc2c(c1)OCCO2. The molecular weight excluding hydrogens is 342 g/mol. The van der Waals surface area contributed by atoms with E-state index in [0.717, 1.165) is 22.6 Å². The zero-order valence-electron chi connectivity index (χ0n) is 14.9. The van der Waals surface area contributed by atoms with E-state index in [9.17, 15) is 4.79 Å². The van der Waals surface area contributed by atoms with E-state index in [1.807, 2.05) is 36.4 Å². The summed E-state index contributed by atoms with van der Waals surface area (Å²) in [5, 5.41) is 3.14. The Balaban J connectivity index is 1.56. The van der Waals surface area contributed by atoms with Gasteiger partial charge in [0.2, 0.25) is 5.91 Å². The minimum Gasteiger partial charge on any atom is -0.486 e. The van der Waals surface area contributed by atoms with Crippen molar-refractivity contribution in [3.63, 3.8) is 0 Å². The lowest BCUT2D eigenvalue weighted by atomic mass is 9.98. The van der Waals surface area contributed by atoms with Gasteiger partial charge in [0.15, 0.2) is 11.5 Å². The lowest BCUT2D eigenvalue weighted by Gasteiger charge is -2.23. The maximum absolute atomic E-state index is 12.6. The number of hydrogen-bond acceptors (Lipinski definition) is 4. The van der Waals surface area contributed by atoms with Gasteiger partial charge in [-0.2, -0.15) is 0 Å². The van der Waals surface area contributed by atoms with Gasteiger partial charge in [0.1, 0.15) is 19.8 Å². The van der Waals surface area contributed by atoms with Crippen molar-refractivity contribution in [1.29, 1.82) is 0 Å². The Morgan fingerprint density at radius 3 is 2.70 bits per heavy atom. The summed E-state index contributed by atoms with van der Waals surface area (Å²) >= 11 is 0. The highest BCUT2D eigenvalue weighted by atomic mass is 16.6. The maximum Gasteiger partial charge on any atom is 0.240 e. The van der Waals surface area contributed by atoms with Crippen LogP contribution in [0.25, 0.3) is 0 Å². The van der Waals surface area contributed by atoms with Crippen molar-refractivity contribution < 1.29 is 14.3 Å². The third-order valence-corrected chi connectivity index (χ3v) is 4.47. The number of rotatable bonds is 6. The Morgan fingerprint density at radius 2 is 1.93 bits per heavy atom. The Hall–Kier alpha value is -3.28.